The van der Waals surface area contributed by atoms with Crippen molar-refractivity contribution in [2.45, 2.75) is 51.2 Å². The largest absolute Gasteiger partial charge is 0.490 e. The number of fused-ring (bicyclic) bond motifs is 1. The number of rotatable bonds is 5. The van der Waals surface area contributed by atoms with Gasteiger partial charge in [0.25, 0.3) is 0 Å². The molecule has 0 bridgehead atoms. The Morgan fingerprint density at radius 2 is 1.76 bits per heavy atom. The van der Waals surface area contributed by atoms with Gasteiger partial charge < -0.3 is 9.47 Å². The fourth-order valence-electron chi connectivity index (χ4n) is 3.10. The van der Waals surface area contributed by atoms with Crippen LogP contribution in [0.2, 0.25) is 0 Å². The molecule has 0 spiro atoms. The normalized spacial score (nSPS) is 17.8. The van der Waals surface area contributed by atoms with Crippen molar-refractivity contribution in [3.63, 3.8) is 0 Å². The lowest BCUT2D eigenvalue weighted by Crippen LogP contribution is -2.26. The molecule has 0 amide bonds. The molecule has 21 heavy (non-hydrogen) atoms. The third-order valence-corrected chi connectivity index (χ3v) is 4.20. The first-order valence-corrected chi connectivity index (χ1v) is 8.09. The van der Waals surface area contributed by atoms with Crippen molar-refractivity contribution in [3.8, 4) is 5.75 Å². The van der Waals surface area contributed by atoms with Gasteiger partial charge in [-0.25, -0.2) is 0 Å². The third kappa shape index (κ3) is 3.76. The molecule has 0 heterocycles. The van der Waals surface area contributed by atoms with Crippen molar-refractivity contribution in [1.29, 1.82) is 0 Å². The minimum atomic E-state index is 0.145. The van der Waals surface area contributed by atoms with Crippen molar-refractivity contribution in [2.75, 3.05) is 6.61 Å². The zero-order chi connectivity index (χ0) is 14.5. The van der Waals surface area contributed by atoms with E-state index in [0.717, 1.165) is 5.75 Å². The molecule has 0 radical (unpaired) electrons. The molecule has 112 valence electrons. The Labute approximate surface area is 127 Å². The van der Waals surface area contributed by atoms with Crippen LogP contribution in [0, 0.1) is 0 Å². The summed E-state index contributed by atoms with van der Waals surface area (Å²) in [6.45, 7) is 2.73. The average Bonchev–Trinajstić information content (AvgIpc) is 2.54. The highest BCUT2D eigenvalue weighted by atomic mass is 16.5. The van der Waals surface area contributed by atoms with Gasteiger partial charge in [-0.15, -0.1) is 0 Å². The summed E-state index contributed by atoms with van der Waals surface area (Å²) in [5, 5.41) is 2.39. The van der Waals surface area contributed by atoms with Crippen LogP contribution < -0.4 is 4.74 Å². The second-order valence-electron chi connectivity index (χ2n) is 6.00. The van der Waals surface area contributed by atoms with E-state index >= 15 is 0 Å². The van der Waals surface area contributed by atoms with Crippen LogP contribution in [0.1, 0.15) is 39.0 Å². The van der Waals surface area contributed by atoms with Crippen molar-refractivity contribution >= 4 is 10.8 Å². The first-order chi connectivity index (χ1) is 10.3. The number of hydrogen-bond donors (Lipinski definition) is 0. The average molecular weight is 284 g/mol. The third-order valence-electron chi connectivity index (χ3n) is 4.20. The summed E-state index contributed by atoms with van der Waals surface area (Å²) in [4.78, 5) is 0. The van der Waals surface area contributed by atoms with Crippen molar-refractivity contribution in [3.05, 3.63) is 42.5 Å². The van der Waals surface area contributed by atoms with Crippen LogP contribution in [-0.4, -0.2) is 18.8 Å². The Hall–Kier alpha value is -1.54. The molecule has 3 rings (SSSR count). The molecule has 1 fully saturated rings. The molecule has 2 nitrogen and oxygen atoms in total. The van der Waals surface area contributed by atoms with E-state index in [1.54, 1.807) is 0 Å². The van der Waals surface area contributed by atoms with Crippen molar-refractivity contribution < 1.29 is 9.47 Å². The predicted molar refractivity (Wildman–Crippen MR) is 86.9 cm³/mol. The SMILES string of the molecule is CC(COc1cccc2ccccc12)OC1CCCCC1. The Morgan fingerprint density at radius 3 is 2.62 bits per heavy atom. The van der Waals surface area contributed by atoms with Gasteiger partial charge in [0.05, 0.1) is 12.2 Å². The summed E-state index contributed by atoms with van der Waals surface area (Å²) < 4.78 is 12.1. The molecular formula is C19H24O2. The summed E-state index contributed by atoms with van der Waals surface area (Å²) in [7, 11) is 0. The summed E-state index contributed by atoms with van der Waals surface area (Å²) >= 11 is 0. The summed E-state index contributed by atoms with van der Waals surface area (Å²) in [6, 6.07) is 14.5. The van der Waals surface area contributed by atoms with E-state index in [1.807, 2.05) is 12.1 Å². The topological polar surface area (TPSA) is 18.5 Å². The summed E-state index contributed by atoms with van der Waals surface area (Å²) in [6.07, 6.45) is 6.97. The molecule has 2 aromatic rings. The highest BCUT2D eigenvalue weighted by Gasteiger charge is 2.17. The van der Waals surface area contributed by atoms with E-state index in [-0.39, 0.29) is 6.10 Å². The minimum Gasteiger partial charge on any atom is -0.490 e. The quantitative estimate of drug-likeness (QED) is 0.773. The molecule has 0 aromatic heterocycles. The molecule has 0 aliphatic heterocycles. The molecule has 0 N–H and O–H groups in total. The number of benzene rings is 2. The van der Waals surface area contributed by atoms with Crippen molar-refractivity contribution in [2.24, 2.45) is 0 Å². The molecule has 1 saturated carbocycles. The van der Waals surface area contributed by atoms with E-state index in [9.17, 15) is 0 Å². The van der Waals surface area contributed by atoms with Gasteiger partial charge in [0.15, 0.2) is 0 Å². The smallest absolute Gasteiger partial charge is 0.127 e. The van der Waals surface area contributed by atoms with Gasteiger partial charge in [-0.05, 0) is 31.2 Å². The molecular weight excluding hydrogens is 260 g/mol. The molecule has 0 saturated heterocycles. The van der Waals surface area contributed by atoms with Crippen LogP contribution in [-0.2, 0) is 4.74 Å². The van der Waals surface area contributed by atoms with Crippen LogP contribution in [0.15, 0.2) is 42.5 Å². The van der Waals surface area contributed by atoms with Crippen LogP contribution in [0.3, 0.4) is 0 Å². The Kier molecular flexibility index (Phi) is 4.76. The summed E-state index contributed by atoms with van der Waals surface area (Å²) in [5.41, 5.74) is 0. The van der Waals surface area contributed by atoms with Gasteiger partial charge in [-0.1, -0.05) is 55.7 Å². The molecule has 1 atom stereocenters. The number of ether oxygens (including phenoxy) is 2. The lowest BCUT2D eigenvalue weighted by atomic mass is 9.98. The van der Waals surface area contributed by atoms with Crippen LogP contribution >= 0.6 is 0 Å². The predicted octanol–water partition coefficient (Wildman–Crippen LogP) is 4.96. The van der Waals surface area contributed by atoms with Gasteiger partial charge >= 0.3 is 0 Å². The van der Waals surface area contributed by atoms with Gasteiger partial charge in [0.1, 0.15) is 12.4 Å². The van der Waals surface area contributed by atoms with E-state index in [2.05, 4.69) is 37.3 Å². The van der Waals surface area contributed by atoms with E-state index in [4.69, 9.17) is 9.47 Å². The highest BCUT2D eigenvalue weighted by Crippen LogP contribution is 2.26. The second kappa shape index (κ2) is 6.95. The highest BCUT2D eigenvalue weighted by molar-refractivity contribution is 5.88. The van der Waals surface area contributed by atoms with Crippen molar-refractivity contribution in [1.82, 2.24) is 0 Å². The molecule has 2 heteroatoms. The van der Waals surface area contributed by atoms with Gasteiger partial charge in [-0.2, -0.15) is 0 Å². The van der Waals surface area contributed by atoms with Gasteiger partial charge in [0, 0.05) is 5.39 Å². The fraction of sp³-hybridized carbons (Fsp3) is 0.474. The first kappa shape index (κ1) is 14.4. The maximum absolute atomic E-state index is 6.10. The van der Waals surface area contributed by atoms with E-state index in [0.29, 0.717) is 12.7 Å². The second-order valence-corrected chi connectivity index (χ2v) is 6.00. The zero-order valence-electron chi connectivity index (χ0n) is 12.8. The molecule has 1 unspecified atom stereocenters. The molecule has 2 aromatic carbocycles. The lowest BCUT2D eigenvalue weighted by molar-refractivity contribution is -0.0390. The standard InChI is InChI=1S/C19H24O2/c1-15(21-17-10-3-2-4-11-17)14-20-19-13-7-9-16-8-5-6-12-18(16)19/h5-9,12-13,15,17H,2-4,10-11,14H2,1H3. The van der Waals surface area contributed by atoms with E-state index in [1.165, 1.54) is 42.9 Å². The molecule has 1 aliphatic carbocycles. The summed E-state index contributed by atoms with van der Waals surface area (Å²) in [5.74, 6) is 0.951. The number of hydrogen-bond acceptors (Lipinski definition) is 2. The zero-order valence-corrected chi connectivity index (χ0v) is 12.8. The maximum atomic E-state index is 6.10. The first-order valence-electron chi connectivity index (χ1n) is 8.09. The maximum Gasteiger partial charge on any atom is 0.127 e. The monoisotopic (exact) mass is 284 g/mol. The minimum absolute atomic E-state index is 0.145. The van der Waals surface area contributed by atoms with Crippen LogP contribution in [0.4, 0.5) is 0 Å². The Balaban J connectivity index is 1.58. The molecule has 1 aliphatic rings. The van der Waals surface area contributed by atoms with Gasteiger partial charge in [-0.3, -0.25) is 0 Å². The van der Waals surface area contributed by atoms with Crippen LogP contribution in [0.5, 0.6) is 5.75 Å². The Bertz CT molecular complexity index is 567. The van der Waals surface area contributed by atoms with E-state index < -0.39 is 0 Å². The van der Waals surface area contributed by atoms with Gasteiger partial charge in [0.2, 0.25) is 0 Å². The fourth-order valence-corrected chi connectivity index (χ4v) is 3.10. The lowest BCUT2D eigenvalue weighted by Gasteiger charge is -2.25. The Morgan fingerprint density at radius 1 is 1.00 bits per heavy atom. The van der Waals surface area contributed by atoms with Crippen LogP contribution in [0.25, 0.3) is 10.8 Å².